The molecule has 0 amide bonds. The molecule has 20 heavy (non-hydrogen) atoms. The SMILES string of the molecule is Clc1cccc2nc(C3CCCCCN3)n(C3CC3)c12. The van der Waals surface area contributed by atoms with Crippen LogP contribution in [-0.2, 0) is 0 Å². The Morgan fingerprint density at radius 1 is 1.15 bits per heavy atom. The number of hydrogen-bond donors (Lipinski definition) is 1. The molecule has 2 fully saturated rings. The van der Waals surface area contributed by atoms with Crippen LogP contribution in [0.2, 0.25) is 5.02 Å². The van der Waals surface area contributed by atoms with E-state index in [1.54, 1.807) is 0 Å². The zero-order valence-corrected chi connectivity index (χ0v) is 12.4. The Hall–Kier alpha value is -1.06. The standard InChI is InChI=1S/C16H20ClN3/c17-12-5-4-7-13-15(12)20(11-8-9-11)16(19-13)14-6-2-1-3-10-18-14/h4-5,7,11,14,18H,1-3,6,8-10H2. The summed E-state index contributed by atoms with van der Waals surface area (Å²) in [5.74, 6) is 1.21. The normalized spacial score (nSPS) is 23.9. The van der Waals surface area contributed by atoms with Crippen LogP contribution in [-0.4, -0.2) is 16.1 Å². The van der Waals surface area contributed by atoms with Gasteiger partial charge in [-0.05, 0) is 44.4 Å². The number of nitrogens with zero attached hydrogens (tertiary/aromatic N) is 2. The molecule has 1 N–H and O–H groups in total. The van der Waals surface area contributed by atoms with Gasteiger partial charge in [0.1, 0.15) is 5.82 Å². The monoisotopic (exact) mass is 289 g/mol. The Bertz CT molecular complexity index is 622. The van der Waals surface area contributed by atoms with Crippen LogP contribution in [0.15, 0.2) is 18.2 Å². The highest BCUT2D eigenvalue weighted by molar-refractivity contribution is 6.35. The first kappa shape index (κ1) is 12.7. The molecule has 0 bridgehead atoms. The molecule has 1 unspecified atom stereocenters. The summed E-state index contributed by atoms with van der Waals surface area (Å²) in [7, 11) is 0. The van der Waals surface area contributed by atoms with Gasteiger partial charge in [0, 0.05) is 6.04 Å². The molecule has 2 heterocycles. The minimum absolute atomic E-state index is 0.390. The second-order valence-electron chi connectivity index (χ2n) is 6.03. The number of imidazole rings is 1. The average Bonchev–Trinajstić information content (AvgIpc) is 3.24. The van der Waals surface area contributed by atoms with E-state index in [2.05, 4.69) is 16.0 Å². The fourth-order valence-corrected chi connectivity index (χ4v) is 3.58. The molecule has 4 heteroatoms. The van der Waals surface area contributed by atoms with Crippen LogP contribution in [0.5, 0.6) is 0 Å². The molecule has 106 valence electrons. The maximum absolute atomic E-state index is 6.44. The van der Waals surface area contributed by atoms with Crippen molar-refractivity contribution < 1.29 is 0 Å². The summed E-state index contributed by atoms with van der Waals surface area (Å²) in [6.45, 7) is 1.10. The number of fused-ring (bicyclic) bond motifs is 1. The second kappa shape index (κ2) is 5.05. The highest BCUT2D eigenvalue weighted by Crippen LogP contribution is 2.42. The molecule has 0 radical (unpaired) electrons. The van der Waals surface area contributed by atoms with E-state index >= 15 is 0 Å². The third-order valence-corrected chi connectivity index (χ3v) is 4.78. The van der Waals surface area contributed by atoms with Gasteiger partial charge < -0.3 is 9.88 Å². The van der Waals surface area contributed by atoms with Crippen molar-refractivity contribution in [1.29, 1.82) is 0 Å². The van der Waals surface area contributed by atoms with Crippen LogP contribution in [0.3, 0.4) is 0 Å². The molecular weight excluding hydrogens is 270 g/mol. The first-order valence-electron chi connectivity index (χ1n) is 7.74. The first-order chi connectivity index (χ1) is 9.84. The van der Waals surface area contributed by atoms with Crippen LogP contribution < -0.4 is 5.32 Å². The summed E-state index contributed by atoms with van der Waals surface area (Å²) in [5, 5.41) is 4.51. The summed E-state index contributed by atoms with van der Waals surface area (Å²) in [4.78, 5) is 4.92. The van der Waals surface area contributed by atoms with E-state index in [4.69, 9.17) is 16.6 Å². The molecule has 1 saturated heterocycles. The van der Waals surface area contributed by atoms with Crippen LogP contribution in [0.25, 0.3) is 11.0 Å². The van der Waals surface area contributed by atoms with Crippen molar-refractivity contribution in [3.8, 4) is 0 Å². The van der Waals surface area contributed by atoms with Crippen LogP contribution in [0.4, 0.5) is 0 Å². The number of aromatic nitrogens is 2. The van der Waals surface area contributed by atoms with Gasteiger partial charge in [-0.1, -0.05) is 30.5 Å². The van der Waals surface area contributed by atoms with Gasteiger partial charge in [-0.25, -0.2) is 4.98 Å². The third kappa shape index (κ3) is 2.13. The summed E-state index contributed by atoms with van der Waals surface area (Å²) in [6.07, 6.45) is 7.61. The van der Waals surface area contributed by atoms with E-state index in [1.165, 1.54) is 44.3 Å². The van der Waals surface area contributed by atoms with Gasteiger partial charge in [-0.15, -0.1) is 0 Å². The van der Waals surface area contributed by atoms with Crippen molar-refractivity contribution in [3.05, 3.63) is 29.0 Å². The molecule has 1 aliphatic heterocycles. The molecule has 3 nitrogen and oxygen atoms in total. The lowest BCUT2D eigenvalue weighted by Gasteiger charge is -2.17. The Balaban J connectivity index is 1.85. The minimum Gasteiger partial charge on any atom is -0.322 e. The second-order valence-corrected chi connectivity index (χ2v) is 6.44. The molecule has 2 aromatic rings. The topological polar surface area (TPSA) is 29.9 Å². The van der Waals surface area contributed by atoms with Crippen molar-refractivity contribution in [3.63, 3.8) is 0 Å². The Kier molecular flexibility index (Phi) is 3.20. The number of hydrogen-bond acceptors (Lipinski definition) is 2. The number of rotatable bonds is 2. The summed E-state index contributed by atoms with van der Waals surface area (Å²) in [6, 6.07) is 7.07. The van der Waals surface area contributed by atoms with E-state index in [-0.39, 0.29) is 0 Å². The van der Waals surface area contributed by atoms with Gasteiger partial charge in [0.25, 0.3) is 0 Å². The first-order valence-corrected chi connectivity index (χ1v) is 8.12. The van der Waals surface area contributed by atoms with Crippen molar-refractivity contribution in [1.82, 2.24) is 14.9 Å². The van der Waals surface area contributed by atoms with Gasteiger partial charge in [-0.2, -0.15) is 0 Å². The number of halogens is 1. The Morgan fingerprint density at radius 2 is 2.05 bits per heavy atom. The highest BCUT2D eigenvalue weighted by atomic mass is 35.5. The maximum Gasteiger partial charge on any atom is 0.127 e. The lowest BCUT2D eigenvalue weighted by Crippen LogP contribution is -2.23. The van der Waals surface area contributed by atoms with Crippen molar-refractivity contribution >= 4 is 22.6 Å². The van der Waals surface area contributed by atoms with Crippen molar-refractivity contribution in [2.24, 2.45) is 0 Å². The number of para-hydroxylation sites is 1. The van der Waals surface area contributed by atoms with E-state index in [9.17, 15) is 0 Å². The molecule has 1 aliphatic carbocycles. The molecule has 1 aromatic heterocycles. The van der Waals surface area contributed by atoms with Gasteiger partial charge in [0.05, 0.1) is 22.1 Å². The molecule has 0 spiro atoms. The zero-order valence-electron chi connectivity index (χ0n) is 11.6. The summed E-state index contributed by atoms with van der Waals surface area (Å²) in [5.41, 5.74) is 2.18. The van der Waals surface area contributed by atoms with E-state index < -0.39 is 0 Å². The van der Waals surface area contributed by atoms with Crippen LogP contribution in [0.1, 0.15) is 56.4 Å². The summed E-state index contributed by atoms with van der Waals surface area (Å²) >= 11 is 6.44. The fourth-order valence-electron chi connectivity index (χ4n) is 3.32. The summed E-state index contributed by atoms with van der Waals surface area (Å²) < 4.78 is 2.42. The predicted molar refractivity (Wildman–Crippen MR) is 82.2 cm³/mol. The average molecular weight is 290 g/mol. The quantitative estimate of drug-likeness (QED) is 0.896. The molecular formula is C16H20ClN3. The molecule has 2 aliphatic rings. The van der Waals surface area contributed by atoms with Crippen molar-refractivity contribution in [2.45, 2.75) is 50.6 Å². The highest BCUT2D eigenvalue weighted by Gasteiger charge is 2.31. The van der Waals surface area contributed by atoms with E-state index in [1.807, 2.05) is 12.1 Å². The maximum atomic E-state index is 6.44. The lowest BCUT2D eigenvalue weighted by molar-refractivity contribution is 0.484. The largest absolute Gasteiger partial charge is 0.322 e. The minimum atomic E-state index is 0.390. The molecule has 1 saturated carbocycles. The van der Waals surface area contributed by atoms with Crippen LogP contribution in [0, 0.1) is 0 Å². The van der Waals surface area contributed by atoms with Gasteiger partial charge in [-0.3, -0.25) is 0 Å². The van der Waals surface area contributed by atoms with E-state index in [0.29, 0.717) is 12.1 Å². The van der Waals surface area contributed by atoms with Crippen LogP contribution >= 0.6 is 11.6 Å². The smallest absolute Gasteiger partial charge is 0.127 e. The third-order valence-electron chi connectivity index (χ3n) is 4.47. The molecule has 1 atom stereocenters. The Morgan fingerprint density at radius 3 is 2.90 bits per heavy atom. The predicted octanol–water partition coefficient (Wildman–Crippen LogP) is 4.23. The lowest BCUT2D eigenvalue weighted by atomic mass is 10.1. The van der Waals surface area contributed by atoms with E-state index in [0.717, 1.165) is 22.6 Å². The fraction of sp³-hybridized carbons (Fsp3) is 0.562. The molecule has 4 rings (SSSR count). The van der Waals surface area contributed by atoms with Gasteiger partial charge in [0.15, 0.2) is 0 Å². The Labute approximate surface area is 124 Å². The number of nitrogens with one attached hydrogen (secondary N) is 1. The van der Waals surface area contributed by atoms with Gasteiger partial charge >= 0.3 is 0 Å². The van der Waals surface area contributed by atoms with Crippen molar-refractivity contribution in [2.75, 3.05) is 6.54 Å². The van der Waals surface area contributed by atoms with Gasteiger partial charge in [0.2, 0.25) is 0 Å². The zero-order chi connectivity index (χ0) is 13.5. The number of benzene rings is 1. The molecule has 1 aromatic carbocycles.